The highest BCUT2D eigenvalue weighted by Crippen LogP contribution is 2.14. The van der Waals surface area contributed by atoms with Gasteiger partial charge in [0.1, 0.15) is 0 Å². The molecule has 0 saturated carbocycles. The van der Waals surface area contributed by atoms with Crippen molar-refractivity contribution >= 4 is 11.8 Å². The summed E-state index contributed by atoms with van der Waals surface area (Å²) in [7, 11) is 0. The average molecular weight is 315 g/mol. The number of carbonyl (C=O) groups excluding carboxylic acids is 2. The van der Waals surface area contributed by atoms with E-state index in [4.69, 9.17) is 4.42 Å². The molecular weight excluding hydrogens is 294 g/mol. The zero-order valence-electron chi connectivity index (χ0n) is 13.5. The van der Waals surface area contributed by atoms with Crippen LogP contribution < -0.4 is 0 Å². The fraction of sp³-hybridized carbons (Fsp3) is 0.412. The van der Waals surface area contributed by atoms with E-state index in [0.29, 0.717) is 38.4 Å². The van der Waals surface area contributed by atoms with Gasteiger partial charge in [0.25, 0.3) is 5.91 Å². The topological polar surface area (TPSA) is 69.6 Å². The molecule has 1 saturated heterocycles. The lowest BCUT2D eigenvalue weighted by molar-refractivity contribution is -0.131. The van der Waals surface area contributed by atoms with Crippen LogP contribution in [-0.4, -0.2) is 52.8 Å². The van der Waals surface area contributed by atoms with Crippen molar-refractivity contribution < 1.29 is 14.0 Å². The van der Waals surface area contributed by atoms with Crippen molar-refractivity contribution in [3.8, 4) is 0 Å². The molecule has 1 N–H and O–H groups in total. The normalized spacial score (nSPS) is 15.0. The molecule has 1 aliphatic rings. The van der Waals surface area contributed by atoms with Gasteiger partial charge in [0.15, 0.2) is 5.76 Å². The van der Waals surface area contributed by atoms with Crippen LogP contribution in [0.2, 0.25) is 0 Å². The minimum absolute atomic E-state index is 0.109. The third-order valence-corrected chi connectivity index (χ3v) is 4.25. The Morgan fingerprint density at radius 3 is 2.43 bits per heavy atom. The van der Waals surface area contributed by atoms with Gasteiger partial charge in [-0.15, -0.1) is 0 Å². The summed E-state index contributed by atoms with van der Waals surface area (Å²) in [6.45, 7) is 6.17. The number of amides is 2. The summed E-state index contributed by atoms with van der Waals surface area (Å²) < 4.78 is 5.14. The van der Waals surface area contributed by atoms with Crippen molar-refractivity contribution in [2.24, 2.45) is 0 Å². The lowest BCUT2D eigenvalue weighted by Gasteiger charge is -2.34. The van der Waals surface area contributed by atoms with Crippen LogP contribution in [0.1, 0.15) is 27.5 Å². The number of rotatable bonds is 3. The van der Waals surface area contributed by atoms with E-state index < -0.39 is 0 Å². The Bertz CT molecular complexity index is 695. The first-order valence-corrected chi connectivity index (χ1v) is 7.80. The quantitative estimate of drug-likeness (QED) is 0.938. The zero-order chi connectivity index (χ0) is 16.4. The van der Waals surface area contributed by atoms with Crippen molar-refractivity contribution in [3.63, 3.8) is 0 Å². The molecule has 0 radical (unpaired) electrons. The molecule has 2 aromatic rings. The lowest BCUT2D eigenvalue weighted by Crippen LogP contribution is -2.50. The summed E-state index contributed by atoms with van der Waals surface area (Å²) in [4.78, 5) is 31.4. The van der Waals surface area contributed by atoms with Gasteiger partial charge in [-0.1, -0.05) is 0 Å². The summed E-state index contributed by atoms with van der Waals surface area (Å²) in [5.74, 6) is 0.347. The number of H-pyrrole nitrogens is 1. The smallest absolute Gasteiger partial charge is 0.289 e. The molecule has 3 heterocycles. The number of nitrogens with zero attached hydrogens (tertiary/aromatic N) is 2. The Kier molecular flexibility index (Phi) is 4.23. The first-order chi connectivity index (χ1) is 11.0. The summed E-state index contributed by atoms with van der Waals surface area (Å²) in [6, 6.07) is 5.38. The molecule has 0 aliphatic carbocycles. The van der Waals surface area contributed by atoms with Crippen molar-refractivity contribution in [1.29, 1.82) is 0 Å². The van der Waals surface area contributed by atoms with Crippen LogP contribution in [0.3, 0.4) is 0 Å². The maximum atomic E-state index is 12.4. The Morgan fingerprint density at radius 2 is 1.87 bits per heavy atom. The Hall–Kier alpha value is -2.50. The number of aromatic nitrogens is 1. The van der Waals surface area contributed by atoms with Gasteiger partial charge in [0.2, 0.25) is 5.91 Å². The van der Waals surface area contributed by atoms with Gasteiger partial charge in [-0.05, 0) is 37.6 Å². The second-order valence-corrected chi connectivity index (χ2v) is 5.93. The van der Waals surface area contributed by atoms with E-state index in [2.05, 4.69) is 4.98 Å². The van der Waals surface area contributed by atoms with E-state index in [1.807, 2.05) is 24.8 Å². The number of furan rings is 1. The highest BCUT2D eigenvalue weighted by Gasteiger charge is 2.26. The number of hydrogen-bond donors (Lipinski definition) is 1. The lowest BCUT2D eigenvalue weighted by atomic mass is 10.1. The van der Waals surface area contributed by atoms with Crippen LogP contribution in [0.5, 0.6) is 0 Å². The molecule has 0 unspecified atom stereocenters. The maximum absolute atomic E-state index is 12.4. The fourth-order valence-electron chi connectivity index (χ4n) is 2.96. The summed E-state index contributed by atoms with van der Waals surface area (Å²) in [6.07, 6.45) is 1.90. The van der Waals surface area contributed by atoms with Crippen molar-refractivity contribution in [1.82, 2.24) is 14.8 Å². The van der Waals surface area contributed by atoms with Gasteiger partial charge in [0, 0.05) is 37.6 Å². The molecular formula is C17H21N3O3. The number of aryl methyl sites for hydroxylation is 2. The molecule has 2 amide bonds. The SMILES string of the molecule is Cc1cc(CC(=O)N2CCN(C(=O)c3ccco3)CC2)c(C)[nH]1. The molecule has 2 aromatic heterocycles. The molecule has 23 heavy (non-hydrogen) atoms. The number of carbonyl (C=O) groups is 2. The van der Waals surface area contributed by atoms with Crippen LogP contribution in [-0.2, 0) is 11.2 Å². The van der Waals surface area contributed by atoms with Crippen LogP contribution in [0.25, 0.3) is 0 Å². The standard InChI is InChI=1S/C17H21N3O3/c1-12-10-14(13(2)18-12)11-16(21)19-5-7-20(8-6-19)17(22)15-4-3-9-23-15/h3-4,9-10,18H,5-8,11H2,1-2H3. The first kappa shape index (κ1) is 15.4. The highest BCUT2D eigenvalue weighted by atomic mass is 16.3. The van der Waals surface area contributed by atoms with Gasteiger partial charge >= 0.3 is 0 Å². The average Bonchev–Trinajstić information content (AvgIpc) is 3.17. The van der Waals surface area contributed by atoms with Gasteiger partial charge in [0.05, 0.1) is 12.7 Å². The Balaban J connectivity index is 1.55. The summed E-state index contributed by atoms with van der Waals surface area (Å²) >= 11 is 0. The molecule has 122 valence electrons. The van der Waals surface area contributed by atoms with Crippen LogP contribution in [0.4, 0.5) is 0 Å². The molecule has 1 aliphatic heterocycles. The monoisotopic (exact) mass is 315 g/mol. The van der Waals surface area contributed by atoms with Crippen LogP contribution in [0.15, 0.2) is 28.9 Å². The molecule has 0 aromatic carbocycles. The molecule has 0 atom stereocenters. The van der Waals surface area contributed by atoms with Gasteiger partial charge < -0.3 is 19.2 Å². The van der Waals surface area contributed by atoms with E-state index in [1.165, 1.54) is 6.26 Å². The number of nitrogens with one attached hydrogen (secondary N) is 1. The van der Waals surface area contributed by atoms with Gasteiger partial charge in [-0.3, -0.25) is 9.59 Å². The highest BCUT2D eigenvalue weighted by molar-refractivity contribution is 5.91. The number of piperazine rings is 1. The fourth-order valence-corrected chi connectivity index (χ4v) is 2.96. The maximum Gasteiger partial charge on any atom is 0.289 e. The van der Waals surface area contributed by atoms with Crippen LogP contribution in [0, 0.1) is 13.8 Å². The third-order valence-electron chi connectivity index (χ3n) is 4.25. The van der Waals surface area contributed by atoms with E-state index in [1.54, 1.807) is 17.0 Å². The third kappa shape index (κ3) is 3.31. The Morgan fingerprint density at radius 1 is 1.17 bits per heavy atom. The predicted octanol–water partition coefficient (Wildman–Crippen LogP) is 1.75. The largest absolute Gasteiger partial charge is 0.459 e. The predicted molar refractivity (Wildman–Crippen MR) is 85.2 cm³/mol. The van der Waals surface area contributed by atoms with Gasteiger partial charge in [-0.25, -0.2) is 0 Å². The minimum Gasteiger partial charge on any atom is -0.459 e. The molecule has 3 rings (SSSR count). The molecule has 0 spiro atoms. The second kappa shape index (κ2) is 6.32. The number of hydrogen-bond acceptors (Lipinski definition) is 3. The minimum atomic E-state index is -0.112. The zero-order valence-corrected chi connectivity index (χ0v) is 13.5. The van der Waals surface area contributed by atoms with E-state index >= 15 is 0 Å². The van der Waals surface area contributed by atoms with E-state index in [0.717, 1.165) is 17.0 Å². The first-order valence-electron chi connectivity index (χ1n) is 7.80. The van der Waals surface area contributed by atoms with Crippen LogP contribution >= 0.6 is 0 Å². The van der Waals surface area contributed by atoms with Gasteiger partial charge in [-0.2, -0.15) is 0 Å². The molecule has 1 fully saturated rings. The van der Waals surface area contributed by atoms with Crippen molar-refractivity contribution in [3.05, 3.63) is 47.2 Å². The molecule has 6 nitrogen and oxygen atoms in total. The van der Waals surface area contributed by atoms with Crippen molar-refractivity contribution in [2.45, 2.75) is 20.3 Å². The molecule has 6 heteroatoms. The second-order valence-electron chi connectivity index (χ2n) is 5.93. The summed E-state index contributed by atoms with van der Waals surface area (Å²) in [5.41, 5.74) is 3.16. The number of aromatic amines is 1. The van der Waals surface area contributed by atoms with E-state index in [9.17, 15) is 9.59 Å². The molecule has 0 bridgehead atoms. The Labute approximate surface area is 135 Å². The van der Waals surface area contributed by atoms with Crippen molar-refractivity contribution in [2.75, 3.05) is 26.2 Å². The van der Waals surface area contributed by atoms with E-state index in [-0.39, 0.29) is 11.8 Å². The summed E-state index contributed by atoms with van der Waals surface area (Å²) in [5, 5.41) is 0.